The number of carbonyl (C=O) groups is 3. The molecule has 1 heterocycles. The van der Waals surface area contributed by atoms with Gasteiger partial charge in [0.05, 0.1) is 16.3 Å². The second-order valence-corrected chi connectivity index (χ2v) is 12.3. The average molecular weight is 644 g/mol. The molecule has 0 saturated heterocycles. The maximum atomic E-state index is 14.1. The van der Waals surface area contributed by atoms with Crippen LogP contribution in [0.1, 0.15) is 34.1 Å². The maximum absolute atomic E-state index is 14.1. The van der Waals surface area contributed by atoms with Gasteiger partial charge in [0.1, 0.15) is 5.70 Å². The van der Waals surface area contributed by atoms with Crippen molar-refractivity contribution in [3.05, 3.63) is 149 Å². The van der Waals surface area contributed by atoms with Gasteiger partial charge in [0.15, 0.2) is 0 Å². The number of carbonyl (C=O) groups excluding carboxylic acids is 3. The molecule has 0 aliphatic carbocycles. The van der Waals surface area contributed by atoms with Crippen LogP contribution in [0.4, 0.5) is 5.69 Å². The van der Waals surface area contributed by atoms with Crippen molar-refractivity contribution in [2.24, 2.45) is 0 Å². The minimum atomic E-state index is -0.514. The number of nitrogens with one attached hydrogen (secondary N) is 2. The number of halogens is 1. The summed E-state index contributed by atoms with van der Waals surface area (Å²) in [7, 11) is 0. The summed E-state index contributed by atoms with van der Waals surface area (Å²) in [5, 5.41) is 7.80. The van der Waals surface area contributed by atoms with Gasteiger partial charge in [-0.2, -0.15) is 0 Å². The van der Waals surface area contributed by atoms with Crippen LogP contribution in [0.2, 0.25) is 5.02 Å². The number of benzene rings is 5. The Balaban J connectivity index is 1.25. The first-order chi connectivity index (χ1) is 22.4. The molecular weight excluding hydrogens is 614 g/mol. The molecule has 0 aliphatic heterocycles. The molecular formula is C38H30ClN3O3S. The predicted molar refractivity (Wildman–Crippen MR) is 188 cm³/mol. The Hall–Kier alpha value is -5.11. The number of rotatable bonds is 9. The lowest BCUT2D eigenvalue weighted by Gasteiger charge is -2.17. The molecule has 2 N–H and O–H groups in total. The lowest BCUT2D eigenvalue weighted by Crippen LogP contribution is -2.30. The van der Waals surface area contributed by atoms with Gasteiger partial charge in [0.25, 0.3) is 11.8 Å². The van der Waals surface area contributed by atoms with Gasteiger partial charge in [0, 0.05) is 31.9 Å². The standard InChI is InChI=1S/C38H30ClN3O3S/c1-2-35(38(45)42-33-21-10-7-18-29(33)30-19-8-11-22-34(30)42)46-28-17-12-16-27(24-28)40-37(44)32(23-26-15-6-9-20-31(26)39)41-36(43)25-13-4-3-5-14-25/h3-24,35H,2H2,1H3,(H,40,44)(H,41,43)/b32-23-. The molecule has 0 aliphatic rings. The smallest absolute Gasteiger partial charge is 0.272 e. The number of amides is 2. The molecule has 228 valence electrons. The third-order valence-corrected chi connectivity index (χ3v) is 9.24. The van der Waals surface area contributed by atoms with E-state index in [1.54, 1.807) is 60.7 Å². The van der Waals surface area contributed by atoms with Crippen LogP contribution in [0.15, 0.2) is 138 Å². The fraction of sp³-hybridized carbons (Fsp3) is 0.0789. The Morgan fingerprint density at radius 1 is 0.783 bits per heavy atom. The average Bonchev–Trinajstić information content (AvgIpc) is 3.42. The topological polar surface area (TPSA) is 80.2 Å². The van der Waals surface area contributed by atoms with E-state index >= 15 is 0 Å². The fourth-order valence-corrected chi connectivity index (χ4v) is 6.56. The highest BCUT2D eigenvalue weighted by Crippen LogP contribution is 2.33. The SMILES string of the molecule is CCC(Sc1cccc(NC(=O)/C(=C/c2ccccc2Cl)NC(=O)c2ccccc2)c1)C(=O)n1c2ccccc2c2ccccc21. The molecule has 6 nitrogen and oxygen atoms in total. The van der Waals surface area contributed by atoms with Crippen molar-refractivity contribution in [1.29, 1.82) is 0 Å². The molecule has 5 aromatic carbocycles. The normalized spacial score (nSPS) is 12.2. The minimum absolute atomic E-state index is 0.00655. The third kappa shape index (κ3) is 6.61. The zero-order chi connectivity index (χ0) is 32.0. The van der Waals surface area contributed by atoms with Crippen LogP contribution in [-0.4, -0.2) is 27.5 Å². The first-order valence-electron chi connectivity index (χ1n) is 14.9. The minimum Gasteiger partial charge on any atom is -0.321 e. The Kier molecular flexibility index (Phi) is 9.33. The molecule has 1 unspecified atom stereocenters. The monoisotopic (exact) mass is 643 g/mol. The summed E-state index contributed by atoms with van der Waals surface area (Å²) in [6.45, 7) is 2.00. The number of aromatic nitrogens is 1. The highest BCUT2D eigenvalue weighted by Gasteiger charge is 2.24. The number of hydrogen-bond acceptors (Lipinski definition) is 4. The zero-order valence-corrected chi connectivity index (χ0v) is 26.5. The van der Waals surface area contributed by atoms with Crippen molar-refractivity contribution >= 4 is 74.7 Å². The Bertz CT molecular complexity index is 2050. The van der Waals surface area contributed by atoms with Gasteiger partial charge < -0.3 is 10.6 Å². The highest BCUT2D eigenvalue weighted by atomic mass is 35.5. The number of hydrogen-bond donors (Lipinski definition) is 2. The van der Waals surface area contributed by atoms with Crippen LogP contribution >= 0.6 is 23.4 Å². The lowest BCUT2D eigenvalue weighted by atomic mass is 10.1. The predicted octanol–water partition coefficient (Wildman–Crippen LogP) is 9.07. The Morgan fingerprint density at radius 3 is 2.09 bits per heavy atom. The molecule has 0 spiro atoms. The largest absolute Gasteiger partial charge is 0.321 e. The Labute approximate surface area is 276 Å². The van der Waals surface area contributed by atoms with Crippen LogP contribution < -0.4 is 10.6 Å². The van der Waals surface area contributed by atoms with Gasteiger partial charge in [-0.3, -0.25) is 19.0 Å². The van der Waals surface area contributed by atoms with E-state index in [1.165, 1.54) is 11.8 Å². The molecule has 1 aromatic heterocycles. The van der Waals surface area contributed by atoms with Crippen molar-refractivity contribution < 1.29 is 14.4 Å². The van der Waals surface area contributed by atoms with Crippen LogP contribution in [0, 0.1) is 0 Å². The summed E-state index contributed by atoms with van der Waals surface area (Å²) in [4.78, 5) is 41.5. The molecule has 6 aromatic rings. The summed E-state index contributed by atoms with van der Waals surface area (Å²) < 4.78 is 1.82. The molecule has 0 saturated carbocycles. The van der Waals surface area contributed by atoms with E-state index in [0.717, 1.165) is 26.7 Å². The van der Waals surface area contributed by atoms with E-state index < -0.39 is 11.8 Å². The first kappa shape index (κ1) is 30.9. The molecule has 0 fully saturated rings. The molecule has 1 atom stereocenters. The number of thioether (sulfide) groups is 1. The number of nitrogens with zero attached hydrogens (tertiary/aromatic N) is 1. The maximum Gasteiger partial charge on any atom is 0.272 e. The Morgan fingerprint density at radius 2 is 1.41 bits per heavy atom. The van der Waals surface area contributed by atoms with E-state index in [4.69, 9.17) is 11.6 Å². The van der Waals surface area contributed by atoms with Crippen LogP contribution in [0.3, 0.4) is 0 Å². The molecule has 6 rings (SSSR count). The van der Waals surface area contributed by atoms with E-state index in [1.807, 2.05) is 84.3 Å². The highest BCUT2D eigenvalue weighted by molar-refractivity contribution is 8.00. The summed E-state index contributed by atoms with van der Waals surface area (Å²) in [6.07, 6.45) is 2.16. The van der Waals surface area contributed by atoms with Crippen molar-refractivity contribution in [2.45, 2.75) is 23.5 Å². The van der Waals surface area contributed by atoms with E-state index in [9.17, 15) is 14.4 Å². The number of fused-ring (bicyclic) bond motifs is 3. The van der Waals surface area contributed by atoms with E-state index in [2.05, 4.69) is 10.6 Å². The zero-order valence-electron chi connectivity index (χ0n) is 24.9. The van der Waals surface area contributed by atoms with Crippen molar-refractivity contribution in [3.8, 4) is 0 Å². The second-order valence-electron chi connectivity index (χ2n) is 10.6. The summed E-state index contributed by atoms with van der Waals surface area (Å²) in [5.41, 5.74) is 3.31. The molecule has 2 amide bonds. The summed E-state index contributed by atoms with van der Waals surface area (Å²) in [6, 6.07) is 39.0. The van der Waals surface area contributed by atoms with Gasteiger partial charge in [-0.25, -0.2) is 0 Å². The molecule has 46 heavy (non-hydrogen) atoms. The molecule has 0 radical (unpaired) electrons. The van der Waals surface area contributed by atoms with Gasteiger partial charge in [-0.05, 0) is 66.6 Å². The van der Waals surface area contributed by atoms with Crippen molar-refractivity contribution in [1.82, 2.24) is 9.88 Å². The van der Waals surface area contributed by atoms with Crippen LogP contribution in [0.5, 0.6) is 0 Å². The summed E-state index contributed by atoms with van der Waals surface area (Å²) in [5.74, 6) is -0.944. The van der Waals surface area contributed by atoms with Crippen molar-refractivity contribution in [2.75, 3.05) is 5.32 Å². The van der Waals surface area contributed by atoms with E-state index in [0.29, 0.717) is 28.3 Å². The van der Waals surface area contributed by atoms with Crippen LogP contribution in [-0.2, 0) is 4.79 Å². The van der Waals surface area contributed by atoms with E-state index in [-0.39, 0.29) is 16.9 Å². The fourth-order valence-electron chi connectivity index (χ4n) is 5.31. The van der Waals surface area contributed by atoms with Gasteiger partial charge in [-0.15, -0.1) is 11.8 Å². The third-order valence-electron chi connectivity index (χ3n) is 7.55. The summed E-state index contributed by atoms with van der Waals surface area (Å²) >= 11 is 7.83. The van der Waals surface area contributed by atoms with Gasteiger partial charge >= 0.3 is 0 Å². The first-order valence-corrected chi connectivity index (χ1v) is 16.1. The number of anilines is 1. The molecule has 0 bridgehead atoms. The van der Waals surface area contributed by atoms with Crippen LogP contribution in [0.25, 0.3) is 27.9 Å². The van der Waals surface area contributed by atoms with Crippen molar-refractivity contribution in [3.63, 3.8) is 0 Å². The number of para-hydroxylation sites is 2. The van der Waals surface area contributed by atoms with Gasteiger partial charge in [-0.1, -0.05) is 97.4 Å². The van der Waals surface area contributed by atoms with Gasteiger partial charge in [0.2, 0.25) is 5.91 Å². The molecule has 8 heteroatoms. The quantitative estimate of drug-likeness (QED) is 0.122. The lowest BCUT2D eigenvalue weighted by molar-refractivity contribution is -0.113. The second kappa shape index (κ2) is 13.9.